The topological polar surface area (TPSA) is 81.1 Å². The molecule has 1 amide bonds. The lowest BCUT2D eigenvalue weighted by atomic mass is 10.0. The van der Waals surface area contributed by atoms with E-state index < -0.39 is 17.9 Å². The largest absolute Gasteiger partial charge is 0.488 e. The minimum absolute atomic E-state index is 0.305. The van der Waals surface area contributed by atoms with Crippen LogP contribution in [-0.4, -0.2) is 45.7 Å². The van der Waals surface area contributed by atoms with Crippen molar-refractivity contribution < 1.29 is 18.3 Å². The van der Waals surface area contributed by atoms with E-state index in [1.165, 1.54) is 16.0 Å². The molecule has 1 aliphatic heterocycles. The average molecular weight is 421 g/mol. The molecule has 0 aliphatic carbocycles. The van der Waals surface area contributed by atoms with Crippen LogP contribution in [0.2, 0.25) is 0 Å². The summed E-state index contributed by atoms with van der Waals surface area (Å²) in [7, 11) is 1.66. The van der Waals surface area contributed by atoms with Crippen molar-refractivity contribution in [2.24, 2.45) is 7.05 Å². The van der Waals surface area contributed by atoms with Gasteiger partial charge in [-0.05, 0) is 25.1 Å². The Bertz CT molecular complexity index is 1050. The Hall–Kier alpha value is -2.59. The number of carbonyl (C=O) groups is 1. The number of thiazole rings is 1. The summed E-state index contributed by atoms with van der Waals surface area (Å²) in [5, 5.41) is 10.3. The molecule has 1 unspecified atom stereocenters. The average Bonchev–Trinajstić information content (AvgIpc) is 3.20. The molecule has 4 rings (SSSR count). The first-order valence-corrected chi connectivity index (χ1v) is 10.1. The predicted octanol–water partition coefficient (Wildman–Crippen LogP) is 2.64. The number of hydrogen-bond donors (Lipinski definition) is 2. The summed E-state index contributed by atoms with van der Waals surface area (Å²) in [4.78, 5) is 18.1. The van der Waals surface area contributed by atoms with Crippen molar-refractivity contribution in [1.82, 2.24) is 25.4 Å². The van der Waals surface area contributed by atoms with E-state index in [1.54, 1.807) is 30.8 Å². The molecule has 10 heteroatoms. The van der Waals surface area contributed by atoms with Crippen LogP contribution in [0, 0.1) is 6.92 Å². The lowest BCUT2D eigenvalue weighted by Gasteiger charge is -2.30. The van der Waals surface area contributed by atoms with Gasteiger partial charge in [-0.1, -0.05) is 0 Å². The second kappa shape index (κ2) is 7.68. The van der Waals surface area contributed by atoms with Crippen molar-refractivity contribution >= 4 is 28.1 Å². The summed E-state index contributed by atoms with van der Waals surface area (Å²) in [5.41, 5.74) is 3.64. The lowest BCUT2D eigenvalue weighted by Crippen LogP contribution is -2.53. The van der Waals surface area contributed by atoms with Gasteiger partial charge in [0.2, 0.25) is 0 Å². The summed E-state index contributed by atoms with van der Waals surface area (Å²) in [6, 6.07) is 4.67. The third-order valence-electron chi connectivity index (χ3n) is 4.89. The summed E-state index contributed by atoms with van der Waals surface area (Å²) in [6.07, 6.45) is -0.385. The van der Waals surface area contributed by atoms with E-state index in [9.17, 15) is 13.6 Å². The first kappa shape index (κ1) is 19.7. The van der Waals surface area contributed by atoms with Crippen molar-refractivity contribution in [2.75, 3.05) is 13.1 Å². The van der Waals surface area contributed by atoms with Crippen molar-refractivity contribution in [3.8, 4) is 5.75 Å². The van der Waals surface area contributed by atoms with Gasteiger partial charge in [-0.25, -0.2) is 13.8 Å². The zero-order valence-electron chi connectivity index (χ0n) is 16.0. The predicted molar refractivity (Wildman–Crippen MR) is 106 cm³/mol. The lowest BCUT2D eigenvalue weighted by molar-refractivity contribution is -0.0301. The molecule has 2 N–H and O–H groups in total. The van der Waals surface area contributed by atoms with Crippen LogP contribution in [0.5, 0.6) is 5.75 Å². The first-order chi connectivity index (χ1) is 13.8. The number of nitrogens with zero attached hydrogens (tertiary/aromatic N) is 3. The third kappa shape index (κ3) is 4.23. The molecule has 1 fully saturated rings. The zero-order chi connectivity index (χ0) is 20.6. The number of hydrogen-bond acceptors (Lipinski definition) is 6. The zero-order valence-corrected chi connectivity index (χ0v) is 16.9. The number of nitrogens with one attached hydrogen (secondary N) is 2. The van der Waals surface area contributed by atoms with Crippen molar-refractivity contribution in [1.29, 1.82) is 0 Å². The Morgan fingerprint density at radius 2 is 2.31 bits per heavy atom. The minimum atomic E-state index is -2.83. The van der Waals surface area contributed by atoms with Crippen molar-refractivity contribution in [3.63, 3.8) is 0 Å². The number of aromatic nitrogens is 3. The quantitative estimate of drug-likeness (QED) is 0.662. The molecular formula is C19H21F2N5O2S. The highest BCUT2D eigenvalue weighted by atomic mass is 32.1. The maximum absolute atomic E-state index is 13.6. The maximum atomic E-state index is 13.6. The van der Waals surface area contributed by atoms with E-state index in [-0.39, 0.29) is 13.0 Å². The van der Waals surface area contributed by atoms with Gasteiger partial charge < -0.3 is 15.4 Å². The van der Waals surface area contributed by atoms with Gasteiger partial charge in [0, 0.05) is 31.4 Å². The molecule has 0 bridgehead atoms. The number of amides is 1. The summed E-state index contributed by atoms with van der Waals surface area (Å²) < 4.78 is 34.5. The van der Waals surface area contributed by atoms with Gasteiger partial charge in [0.15, 0.2) is 0 Å². The fourth-order valence-electron chi connectivity index (χ4n) is 3.44. The number of benzene rings is 1. The number of piperidine rings is 1. The normalized spacial score (nSPS) is 18.7. The van der Waals surface area contributed by atoms with Gasteiger partial charge >= 0.3 is 0 Å². The van der Waals surface area contributed by atoms with Crippen LogP contribution in [-0.2, 0) is 13.7 Å². The molecule has 1 saturated heterocycles. The van der Waals surface area contributed by atoms with Gasteiger partial charge in [0.05, 0.1) is 28.1 Å². The van der Waals surface area contributed by atoms with Crippen LogP contribution >= 0.6 is 11.3 Å². The number of fused-ring (bicyclic) bond motifs is 1. The summed E-state index contributed by atoms with van der Waals surface area (Å²) >= 11 is 1.52. The molecule has 0 saturated carbocycles. The molecule has 29 heavy (non-hydrogen) atoms. The number of rotatable bonds is 5. The monoisotopic (exact) mass is 421 g/mol. The smallest absolute Gasteiger partial charge is 0.270 e. The number of carbonyl (C=O) groups excluding carboxylic acids is 1. The highest BCUT2D eigenvalue weighted by molar-refractivity contribution is 7.09. The second-order valence-electron chi connectivity index (χ2n) is 7.16. The molecule has 0 radical (unpaired) electrons. The molecule has 7 nitrogen and oxygen atoms in total. The molecular weight excluding hydrogens is 400 g/mol. The molecule has 2 aromatic heterocycles. The molecule has 1 aromatic carbocycles. The van der Waals surface area contributed by atoms with E-state index in [1.807, 2.05) is 6.92 Å². The second-order valence-corrected chi connectivity index (χ2v) is 8.10. The Labute approximate surface area is 170 Å². The van der Waals surface area contributed by atoms with Crippen LogP contribution in [0.3, 0.4) is 0 Å². The van der Waals surface area contributed by atoms with E-state index in [2.05, 4.69) is 20.7 Å². The van der Waals surface area contributed by atoms with Crippen molar-refractivity contribution in [3.05, 3.63) is 40.0 Å². The van der Waals surface area contributed by atoms with Crippen molar-refractivity contribution in [2.45, 2.75) is 31.9 Å². The highest BCUT2D eigenvalue weighted by Crippen LogP contribution is 2.26. The Morgan fingerprint density at radius 3 is 3.03 bits per heavy atom. The molecule has 154 valence electrons. The number of alkyl halides is 2. The van der Waals surface area contributed by atoms with Gasteiger partial charge in [0.1, 0.15) is 18.1 Å². The first-order valence-electron chi connectivity index (χ1n) is 9.20. The van der Waals surface area contributed by atoms with Crippen LogP contribution in [0.15, 0.2) is 23.7 Å². The van der Waals surface area contributed by atoms with E-state index in [4.69, 9.17) is 4.74 Å². The van der Waals surface area contributed by atoms with E-state index in [0.29, 0.717) is 35.5 Å². The standard InChI is InChI=1S/C19H21F2N5O2S/c1-11-16(29-10-23-11)8-28-13-3-4-15-14(5-13)17(26(2)25-15)18(27)24-12-6-19(20,21)9-22-7-12/h3-5,10,12,22H,6-9H2,1-2H3,(H,24,27). The van der Waals surface area contributed by atoms with Gasteiger partial charge in [-0.3, -0.25) is 9.48 Å². The molecule has 1 aliphatic rings. The molecule has 3 aromatic rings. The Morgan fingerprint density at radius 1 is 1.48 bits per heavy atom. The minimum Gasteiger partial charge on any atom is -0.488 e. The van der Waals surface area contributed by atoms with Crippen LogP contribution in [0.4, 0.5) is 8.78 Å². The molecule has 0 spiro atoms. The third-order valence-corrected chi connectivity index (χ3v) is 5.80. The number of halogens is 2. The van der Waals surface area contributed by atoms with Crippen LogP contribution < -0.4 is 15.4 Å². The van der Waals surface area contributed by atoms with E-state index in [0.717, 1.165) is 10.6 Å². The van der Waals surface area contributed by atoms with Gasteiger partial charge in [-0.2, -0.15) is 5.10 Å². The highest BCUT2D eigenvalue weighted by Gasteiger charge is 2.37. The Kier molecular flexibility index (Phi) is 5.22. The summed E-state index contributed by atoms with van der Waals surface area (Å²) in [5.74, 6) is -2.67. The van der Waals surface area contributed by atoms with E-state index >= 15 is 0 Å². The van der Waals surface area contributed by atoms with Gasteiger partial charge in [0.25, 0.3) is 11.8 Å². The maximum Gasteiger partial charge on any atom is 0.270 e. The number of ether oxygens (including phenoxy) is 1. The molecule has 3 heterocycles. The van der Waals surface area contributed by atoms with Crippen LogP contribution in [0.1, 0.15) is 27.5 Å². The summed E-state index contributed by atoms with van der Waals surface area (Å²) in [6.45, 7) is 2.24. The number of aryl methyl sites for hydroxylation is 2. The molecule has 1 atom stereocenters. The Balaban J connectivity index is 1.54. The fourth-order valence-corrected chi connectivity index (χ4v) is 4.13. The van der Waals surface area contributed by atoms with Gasteiger partial charge in [-0.15, -0.1) is 11.3 Å². The SMILES string of the molecule is Cc1ncsc1COc1ccc2nn(C)c(C(=O)NC3CNCC(F)(F)C3)c2c1. The van der Waals surface area contributed by atoms with Crippen LogP contribution in [0.25, 0.3) is 10.9 Å². The fraction of sp³-hybridized carbons (Fsp3) is 0.421.